The van der Waals surface area contributed by atoms with Gasteiger partial charge in [0.1, 0.15) is 5.76 Å². The van der Waals surface area contributed by atoms with Gasteiger partial charge in [0.15, 0.2) is 5.78 Å². The standard InChI is InChI=1S/C28H29N3O5/c1-5-7-20-14-18(2)23(19(3)15-20)24-21(32)16-28(17-22(24)36-27(34)35-4)8-12-31(13-9-28)26(33)25-29-10-6-11-30-25/h6,10-11,14-15H,8-9,12-13,16-17H2,1-4H3. The van der Waals surface area contributed by atoms with E-state index in [4.69, 9.17) is 9.47 Å². The van der Waals surface area contributed by atoms with Gasteiger partial charge in [-0.3, -0.25) is 9.59 Å². The van der Waals surface area contributed by atoms with E-state index in [0.717, 1.165) is 22.3 Å². The number of nitrogens with zero attached hydrogens (tertiary/aromatic N) is 3. The van der Waals surface area contributed by atoms with Crippen LogP contribution in [0.1, 0.15) is 65.5 Å². The Morgan fingerprint density at radius 3 is 2.28 bits per heavy atom. The number of aromatic nitrogens is 2. The van der Waals surface area contributed by atoms with Crippen molar-refractivity contribution in [3.8, 4) is 11.8 Å². The lowest BCUT2D eigenvalue weighted by atomic mass is 9.66. The number of carbonyl (C=O) groups excluding carboxylic acids is 3. The Balaban J connectivity index is 1.65. The third kappa shape index (κ3) is 5.01. The van der Waals surface area contributed by atoms with Crippen molar-refractivity contribution < 1.29 is 23.9 Å². The van der Waals surface area contributed by atoms with Crippen LogP contribution in [0.2, 0.25) is 0 Å². The van der Waals surface area contributed by atoms with Crippen molar-refractivity contribution in [3.63, 3.8) is 0 Å². The number of Topliss-reactive ketones (excluding diaryl/α,β-unsaturated/α-hetero) is 1. The van der Waals surface area contributed by atoms with Crippen LogP contribution in [0, 0.1) is 31.1 Å². The van der Waals surface area contributed by atoms with Crippen LogP contribution < -0.4 is 0 Å². The van der Waals surface area contributed by atoms with Crippen molar-refractivity contribution in [2.75, 3.05) is 20.2 Å². The summed E-state index contributed by atoms with van der Waals surface area (Å²) in [6, 6.07) is 5.54. The highest BCUT2D eigenvalue weighted by atomic mass is 16.7. The molecule has 1 aliphatic carbocycles. The maximum Gasteiger partial charge on any atom is 0.513 e. The summed E-state index contributed by atoms with van der Waals surface area (Å²) in [4.78, 5) is 48.5. The zero-order valence-electron chi connectivity index (χ0n) is 21.0. The molecule has 0 radical (unpaired) electrons. The Labute approximate surface area is 210 Å². The number of methoxy groups -OCH3 is 1. The Morgan fingerprint density at radius 1 is 1.06 bits per heavy atom. The molecular weight excluding hydrogens is 458 g/mol. The van der Waals surface area contributed by atoms with Crippen LogP contribution in [0.5, 0.6) is 0 Å². The molecule has 0 unspecified atom stereocenters. The highest BCUT2D eigenvalue weighted by Crippen LogP contribution is 2.48. The third-order valence-corrected chi connectivity index (χ3v) is 6.92. The SMILES string of the molecule is CC#Cc1cc(C)c(C2=C(OC(=O)OC)CC3(CCN(C(=O)c4ncccn4)CC3)CC2=O)c(C)c1. The molecule has 186 valence electrons. The molecular formula is C28H29N3O5. The Kier molecular flexibility index (Phi) is 7.20. The topological polar surface area (TPSA) is 98.7 Å². The van der Waals surface area contributed by atoms with Gasteiger partial charge in [0, 0.05) is 43.9 Å². The van der Waals surface area contributed by atoms with Gasteiger partial charge in [-0.25, -0.2) is 14.8 Å². The molecule has 1 fully saturated rings. The van der Waals surface area contributed by atoms with Crippen LogP contribution >= 0.6 is 0 Å². The number of piperidine rings is 1. The molecule has 8 nitrogen and oxygen atoms in total. The first kappa shape index (κ1) is 25.1. The van der Waals surface area contributed by atoms with Crippen molar-refractivity contribution in [3.05, 3.63) is 64.4 Å². The lowest BCUT2D eigenvalue weighted by Crippen LogP contribution is -2.46. The van der Waals surface area contributed by atoms with E-state index in [1.165, 1.54) is 7.11 Å². The number of rotatable bonds is 3. The van der Waals surface area contributed by atoms with E-state index in [2.05, 4.69) is 21.8 Å². The fourth-order valence-electron chi connectivity index (χ4n) is 5.25. The van der Waals surface area contributed by atoms with Gasteiger partial charge in [-0.05, 0) is 73.9 Å². The predicted octanol–water partition coefficient (Wildman–Crippen LogP) is 4.24. The summed E-state index contributed by atoms with van der Waals surface area (Å²) in [6.07, 6.45) is 4.14. The van der Waals surface area contributed by atoms with Crippen molar-refractivity contribution in [2.24, 2.45) is 5.41 Å². The molecule has 0 bridgehead atoms. The van der Waals surface area contributed by atoms with Crippen LogP contribution in [-0.2, 0) is 14.3 Å². The summed E-state index contributed by atoms with van der Waals surface area (Å²) in [7, 11) is 1.24. The second-order valence-electron chi connectivity index (χ2n) is 9.36. The molecule has 1 spiro atoms. The monoisotopic (exact) mass is 487 g/mol. The van der Waals surface area contributed by atoms with Gasteiger partial charge in [-0.15, -0.1) is 5.92 Å². The molecule has 1 saturated heterocycles. The van der Waals surface area contributed by atoms with Gasteiger partial charge < -0.3 is 14.4 Å². The summed E-state index contributed by atoms with van der Waals surface area (Å²) in [6.45, 7) is 6.57. The first-order chi connectivity index (χ1) is 17.3. The number of hydrogen-bond acceptors (Lipinski definition) is 7. The van der Waals surface area contributed by atoms with Crippen molar-refractivity contribution in [1.29, 1.82) is 0 Å². The van der Waals surface area contributed by atoms with Crippen LogP contribution in [0.3, 0.4) is 0 Å². The summed E-state index contributed by atoms with van der Waals surface area (Å²) < 4.78 is 10.4. The molecule has 2 heterocycles. The van der Waals surface area contributed by atoms with Crippen LogP contribution in [0.25, 0.3) is 5.57 Å². The van der Waals surface area contributed by atoms with E-state index >= 15 is 0 Å². The number of benzene rings is 1. The number of allylic oxidation sites excluding steroid dienone is 2. The second-order valence-corrected chi connectivity index (χ2v) is 9.36. The number of ketones is 1. The maximum absolute atomic E-state index is 13.7. The first-order valence-corrected chi connectivity index (χ1v) is 11.9. The molecule has 0 N–H and O–H groups in total. The minimum Gasteiger partial charge on any atom is -0.437 e. The van der Waals surface area contributed by atoms with Gasteiger partial charge in [-0.2, -0.15) is 0 Å². The molecule has 8 heteroatoms. The third-order valence-electron chi connectivity index (χ3n) is 6.92. The Hall–Kier alpha value is -3.99. The summed E-state index contributed by atoms with van der Waals surface area (Å²) in [5.41, 5.74) is 3.43. The van der Waals surface area contributed by atoms with Gasteiger partial charge in [0.2, 0.25) is 5.82 Å². The first-order valence-electron chi connectivity index (χ1n) is 11.9. The molecule has 1 aromatic heterocycles. The maximum atomic E-state index is 13.7. The molecule has 4 rings (SSSR count). The van der Waals surface area contributed by atoms with Gasteiger partial charge in [-0.1, -0.05) is 5.92 Å². The fourth-order valence-corrected chi connectivity index (χ4v) is 5.25. The number of aryl methyl sites for hydroxylation is 2. The normalized spacial score (nSPS) is 16.9. The number of ether oxygens (including phenoxy) is 2. The van der Waals surface area contributed by atoms with Crippen LogP contribution in [0.4, 0.5) is 4.79 Å². The summed E-state index contributed by atoms with van der Waals surface area (Å²) in [5.74, 6) is 6.14. The van der Waals surface area contributed by atoms with Crippen molar-refractivity contribution >= 4 is 23.4 Å². The lowest BCUT2D eigenvalue weighted by Gasteiger charge is -2.44. The van der Waals surface area contributed by atoms with Crippen molar-refractivity contribution in [2.45, 2.75) is 46.5 Å². The summed E-state index contributed by atoms with van der Waals surface area (Å²) in [5, 5.41) is 0. The molecule has 0 saturated carbocycles. The smallest absolute Gasteiger partial charge is 0.437 e. The molecule has 1 amide bonds. The highest BCUT2D eigenvalue weighted by molar-refractivity contribution is 6.23. The average Bonchev–Trinajstić information content (AvgIpc) is 2.86. The van der Waals surface area contributed by atoms with E-state index in [1.54, 1.807) is 30.3 Å². The molecule has 2 aromatic rings. The van der Waals surface area contributed by atoms with E-state index < -0.39 is 11.6 Å². The zero-order valence-corrected chi connectivity index (χ0v) is 21.0. The Bertz CT molecular complexity index is 1270. The molecule has 36 heavy (non-hydrogen) atoms. The fraction of sp³-hybridized carbons (Fsp3) is 0.393. The predicted molar refractivity (Wildman–Crippen MR) is 133 cm³/mol. The number of carbonyl (C=O) groups is 3. The number of likely N-dealkylation sites (tertiary alicyclic amines) is 1. The Morgan fingerprint density at radius 2 is 1.69 bits per heavy atom. The summed E-state index contributed by atoms with van der Waals surface area (Å²) >= 11 is 0. The van der Waals surface area contributed by atoms with E-state index in [9.17, 15) is 14.4 Å². The lowest BCUT2D eigenvalue weighted by molar-refractivity contribution is -0.117. The average molecular weight is 488 g/mol. The van der Waals surface area contributed by atoms with Gasteiger partial charge in [0.05, 0.1) is 12.7 Å². The minimum atomic E-state index is -0.857. The minimum absolute atomic E-state index is 0.0770. The number of hydrogen-bond donors (Lipinski definition) is 0. The zero-order chi connectivity index (χ0) is 25.9. The number of amides is 1. The van der Waals surface area contributed by atoms with Gasteiger partial charge >= 0.3 is 6.16 Å². The molecule has 0 atom stereocenters. The van der Waals surface area contributed by atoms with Crippen LogP contribution in [0.15, 0.2) is 36.4 Å². The molecule has 1 aliphatic heterocycles. The second kappa shape index (κ2) is 10.3. The largest absolute Gasteiger partial charge is 0.513 e. The molecule has 1 aromatic carbocycles. The van der Waals surface area contributed by atoms with Crippen molar-refractivity contribution in [1.82, 2.24) is 14.9 Å². The highest BCUT2D eigenvalue weighted by Gasteiger charge is 2.45. The van der Waals surface area contributed by atoms with E-state index in [0.29, 0.717) is 50.1 Å². The molecule has 2 aliphatic rings. The van der Waals surface area contributed by atoms with Gasteiger partial charge in [0.25, 0.3) is 5.91 Å². The van der Waals surface area contributed by atoms with Crippen LogP contribution in [-0.4, -0.2) is 52.9 Å². The van der Waals surface area contributed by atoms with E-state index in [-0.39, 0.29) is 17.5 Å². The quantitative estimate of drug-likeness (QED) is 0.472. The van der Waals surface area contributed by atoms with E-state index in [1.807, 2.05) is 26.0 Å².